The fourth-order valence-corrected chi connectivity index (χ4v) is 1.58. The van der Waals surface area contributed by atoms with Crippen LogP contribution in [0.2, 0.25) is 0 Å². The van der Waals surface area contributed by atoms with Gasteiger partial charge in [0, 0.05) is 19.3 Å². The molecule has 88 valence electrons. The normalized spacial score (nSPS) is 12.2. The van der Waals surface area contributed by atoms with Crippen molar-refractivity contribution < 1.29 is 9.53 Å². The van der Waals surface area contributed by atoms with Gasteiger partial charge in [-0.1, -0.05) is 6.07 Å². The van der Waals surface area contributed by atoms with Crippen LogP contribution in [0.25, 0.3) is 0 Å². The lowest BCUT2D eigenvalue weighted by Crippen LogP contribution is -2.35. The van der Waals surface area contributed by atoms with E-state index in [-0.39, 0.29) is 12.5 Å². The predicted molar refractivity (Wildman–Crippen MR) is 64.4 cm³/mol. The summed E-state index contributed by atoms with van der Waals surface area (Å²) in [5.41, 5.74) is 8.40. The lowest BCUT2D eigenvalue weighted by Gasteiger charge is -2.13. The molecule has 1 aromatic rings. The first kappa shape index (κ1) is 12.7. The van der Waals surface area contributed by atoms with Crippen LogP contribution in [0.5, 0.6) is 0 Å². The van der Waals surface area contributed by atoms with E-state index in [1.54, 1.807) is 0 Å². The summed E-state index contributed by atoms with van der Waals surface area (Å²) in [6, 6.07) is 5.87. The van der Waals surface area contributed by atoms with Crippen LogP contribution in [-0.4, -0.2) is 25.7 Å². The summed E-state index contributed by atoms with van der Waals surface area (Å²) < 4.78 is 4.96. The zero-order valence-electron chi connectivity index (χ0n) is 9.91. The number of anilines is 1. The summed E-state index contributed by atoms with van der Waals surface area (Å²) in [5, 5.41) is 2.78. The standard InChI is InChI=1S/C12H18N2O2/c1-8-4-9(2)6-10(5-8)14-12(15)11(7-13)16-3/h4-6,11H,7,13H2,1-3H3,(H,14,15). The third kappa shape index (κ3) is 3.32. The number of nitrogens with one attached hydrogen (secondary N) is 1. The van der Waals surface area contributed by atoms with Crippen molar-refractivity contribution in [3.63, 3.8) is 0 Å². The molecule has 0 fully saturated rings. The van der Waals surface area contributed by atoms with Crippen LogP contribution in [-0.2, 0) is 9.53 Å². The summed E-state index contributed by atoms with van der Waals surface area (Å²) in [6.07, 6.45) is -0.596. The van der Waals surface area contributed by atoms with E-state index < -0.39 is 6.10 Å². The van der Waals surface area contributed by atoms with Gasteiger partial charge in [-0.3, -0.25) is 4.79 Å². The minimum absolute atomic E-state index is 0.174. The van der Waals surface area contributed by atoms with Crippen molar-refractivity contribution in [3.05, 3.63) is 29.3 Å². The molecule has 4 heteroatoms. The first-order chi connectivity index (χ1) is 7.56. The van der Waals surface area contributed by atoms with E-state index in [4.69, 9.17) is 10.5 Å². The maximum atomic E-state index is 11.7. The predicted octanol–water partition coefficient (Wildman–Crippen LogP) is 1.22. The minimum atomic E-state index is -0.596. The van der Waals surface area contributed by atoms with Crippen LogP contribution in [0.1, 0.15) is 11.1 Å². The molecular formula is C12H18N2O2. The molecule has 0 aromatic heterocycles. The van der Waals surface area contributed by atoms with Crippen molar-refractivity contribution in [3.8, 4) is 0 Å². The molecule has 0 saturated carbocycles. The Labute approximate surface area is 95.8 Å². The van der Waals surface area contributed by atoms with Gasteiger partial charge in [0.1, 0.15) is 6.10 Å². The van der Waals surface area contributed by atoms with Crippen LogP contribution >= 0.6 is 0 Å². The molecule has 0 aliphatic heterocycles. The second kappa shape index (κ2) is 5.63. The van der Waals surface area contributed by atoms with Gasteiger partial charge in [-0.15, -0.1) is 0 Å². The van der Waals surface area contributed by atoms with Crippen molar-refractivity contribution >= 4 is 11.6 Å². The molecule has 16 heavy (non-hydrogen) atoms. The molecule has 4 nitrogen and oxygen atoms in total. The highest BCUT2D eigenvalue weighted by atomic mass is 16.5. The van der Waals surface area contributed by atoms with Crippen molar-refractivity contribution in [1.82, 2.24) is 0 Å². The number of hydrogen-bond acceptors (Lipinski definition) is 3. The molecule has 0 aliphatic rings. The van der Waals surface area contributed by atoms with Crippen molar-refractivity contribution in [2.45, 2.75) is 20.0 Å². The molecule has 3 N–H and O–H groups in total. The Bertz CT molecular complexity index is 353. The van der Waals surface area contributed by atoms with Gasteiger partial charge in [-0.2, -0.15) is 0 Å². The van der Waals surface area contributed by atoms with Gasteiger partial charge in [0.2, 0.25) is 0 Å². The number of ether oxygens (including phenoxy) is 1. The third-order valence-corrected chi connectivity index (χ3v) is 2.28. The average Bonchev–Trinajstić information content (AvgIpc) is 2.17. The van der Waals surface area contributed by atoms with Crippen molar-refractivity contribution in [1.29, 1.82) is 0 Å². The van der Waals surface area contributed by atoms with Crippen molar-refractivity contribution in [2.24, 2.45) is 5.73 Å². The Hall–Kier alpha value is -1.39. The molecule has 0 bridgehead atoms. The summed E-state index contributed by atoms with van der Waals surface area (Å²) in [5.74, 6) is -0.213. The molecule has 1 atom stereocenters. The van der Waals surface area contributed by atoms with Crippen LogP contribution in [0.3, 0.4) is 0 Å². The Morgan fingerprint density at radius 3 is 2.38 bits per heavy atom. The van der Waals surface area contributed by atoms with E-state index in [9.17, 15) is 4.79 Å². The molecule has 0 spiro atoms. The summed E-state index contributed by atoms with van der Waals surface area (Å²) in [4.78, 5) is 11.7. The summed E-state index contributed by atoms with van der Waals surface area (Å²) in [7, 11) is 1.47. The summed E-state index contributed by atoms with van der Waals surface area (Å²) in [6.45, 7) is 4.14. The molecule has 0 saturated heterocycles. The largest absolute Gasteiger partial charge is 0.370 e. The number of aryl methyl sites for hydroxylation is 2. The summed E-state index contributed by atoms with van der Waals surface area (Å²) >= 11 is 0. The van der Waals surface area contributed by atoms with Gasteiger partial charge in [0.25, 0.3) is 5.91 Å². The molecule has 0 heterocycles. The van der Waals surface area contributed by atoms with Crippen LogP contribution < -0.4 is 11.1 Å². The maximum absolute atomic E-state index is 11.7. The topological polar surface area (TPSA) is 64.3 Å². The fourth-order valence-electron chi connectivity index (χ4n) is 1.58. The Balaban J connectivity index is 2.76. The Kier molecular flexibility index (Phi) is 4.46. The van der Waals surface area contributed by atoms with Crippen LogP contribution in [0.15, 0.2) is 18.2 Å². The van der Waals surface area contributed by atoms with Gasteiger partial charge >= 0.3 is 0 Å². The monoisotopic (exact) mass is 222 g/mol. The second-order valence-electron chi connectivity index (χ2n) is 3.83. The van der Waals surface area contributed by atoms with Gasteiger partial charge in [-0.25, -0.2) is 0 Å². The smallest absolute Gasteiger partial charge is 0.254 e. The Morgan fingerprint density at radius 2 is 1.94 bits per heavy atom. The van der Waals surface area contributed by atoms with E-state index in [2.05, 4.69) is 5.32 Å². The average molecular weight is 222 g/mol. The van der Waals surface area contributed by atoms with Crippen molar-refractivity contribution in [2.75, 3.05) is 19.0 Å². The number of carbonyl (C=O) groups excluding carboxylic acids is 1. The van der Waals surface area contributed by atoms with Crippen LogP contribution in [0, 0.1) is 13.8 Å². The van der Waals surface area contributed by atoms with E-state index in [0.717, 1.165) is 16.8 Å². The Morgan fingerprint density at radius 1 is 1.38 bits per heavy atom. The third-order valence-electron chi connectivity index (χ3n) is 2.28. The highest BCUT2D eigenvalue weighted by molar-refractivity contribution is 5.94. The zero-order valence-corrected chi connectivity index (χ0v) is 9.91. The number of rotatable bonds is 4. The van der Waals surface area contributed by atoms with Gasteiger partial charge in [0.05, 0.1) is 0 Å². The number of methoxy groups -OCH3 is 1. The zero-order chi connectivity index (χ0) is 12.1. The lowest BCUT2D eigenvalue weighted by molar-refractivity contribution is -0.125. The number of carbonyl (C=O) groups is 1. The van der Waals surface area contributed by atoms with Gasteiger partial charge in [0.15, 0.2) is 0 Å². The SMILES string of the molecule is COC(CN)C(=O)Nc1cc(C)cc(C)c1. The first-order valence-electron chi connectivity index (χ1n) is 5.19. The molecule has 1 aromatic carbocycles. The number of benzene rings is 1. The molecule has 0 aliphatic carbocycles. The maximum Gasteiger partial charge on any atom is 0.254 e. The highest BCUT2D eigenvalue weighted by Crippen LogP contribution is 2.14. The quantitative estimate of drug-likeness (QED) is 0.805. The molecule has 0 radical (unpaired) electrons. The minimum Gasteiger partial charge on any atom is -0.370 e. The molecule has 1 rings (SSSR count). The molecule has 1 amide bonds. The van der Waals surface area contributed by atoms with Gasteiger partial charge < -0.3 is 15.8 Å². The molecular weight excluding hydrogens is 204 g/mol. The number of hydrogen-bond donors (Lipinski definition) is 2. The first-order valence-corrected chi connectivity index (χ1v) is 5.19. The highest BCUT2D eigenvalue weighted by Gasteiger charge is 2.15. The van der Waals surface area contributed by atoms with E-state index >= 15 is 0 Å². The lowest BCUT2D eigenvalue weighted by atomic mass is 10.1. The molecule has 1 unspecified atom stereocenters. The van der Waals surface area contributed by atoms with E-state index in [1.165, 1.54) is 7.11 Å². The second-order valence-corrected chi connectivity index (χ2v) is 3.83. The van der Waals surface area contributed by atoms with E-state index in [0.29, 0.717) is 0 Å². The number of nitrogens with two attached hydrogens (primary N) is 1. The van der Waals surface area contributed by atoms with Gasteiger partial charge in [-0.05, 0) is 37.1 Å². The van der Waals surface area contributed by atoms with E-state index in [1.807, 2.05) is 32.0 Å². The van der Waals surface area contributed by atoms with Crippen LogP contribution in [0.4, 0.5) is 5.69 Å². The fraction of sp³-hybridized carbons (Fsp3) is 0.417. The number of amides is 1.